The Labute approximate surface area is 116 Å². The van der Waals surface area contributed by atoms with Crippen molar-refractivity contribution in [2.24, 2.45) is 0 Å². The minimum atomic E-state index is -3.30. The summed E-state index contributed by atoms with van der Waals surface area (Å²) >= 11 is 3.34. The number of hydrogen-bond acceptors (Lipinski definition) is 2. The topological polar surface area (TPSA) is 37.4 Å². The van der Waals surface area contributed by atoms with Gasteiger partial charge in [0.25, 0.3) is 0 Å². The Bertz CT molecular complexity index is 525. The van der Waals surface area contributed by atoms with Crippen molar-refractivity contribution in [2.45, 2.75) is 49.1 Å². The van der Waals surface area contributed by atoms with Gasteiger partial charge in [-0.1, -0.05) is 22.4 Å². The fraction of sp³-hybridized carbons (Fsp3) is 0.538. The molecule has 98 valence electrons. The normalized spacial score (nSPS) is 28.5. The summed E-state index contributed by atoms with van der Waals surface area (Å²) < 4.78 is 28.0. The van der Waals surface area contributed by atoms with E-state index in [1.54, 1.807) is 28.6 Å². The van der Waals surface area contributed by atoms with Crippen molar-refractivity contribution in [3.05, 3.63) is 28.7 Å². The Hall–Kier alpha value is -0.390. The van der Waals surface area contributed by atoms with Crippen LogP contribution in [-0.4, -0.2) is 24.8 Å². The Balaban J connectivity index is 1.97. The van der Waals surface area contributed by atoms with Crippen LogP contribution in [0.3, 0.4) is 0 Å². The molecule has 5 heteroatoms. The Kier molecular flexibility index (Phi) is 3.24. The summed E-state index contributed by atoms with van der Waals surface area (Å²) in [6, 6.07) is 7.42. The first-order chi connectivity index (χ1) is 8.59. The van der Waals surface area contributed by atoms with Gasteiger partial charge in [-0.3, -0.25) is 0 Å². The molecule has 1 aromatic rings. The number of benzene rings is 1. The predicted molar refractivity (Wildman–Crippen MR) is 73.8 cm³/mol. The first kappa shape index (κ1) is 12.6. The smallest absolute Gasteiger partial charge is 0.207 e. The van der Waals surface area contributed by atoms with Crippen LogP contribution in [-0.2, 0) is 10.0 Å². The molecule has 0 amide bonds. The molecule has 0 unspecified atom stereocenters. The number of fused-ring (bicyclic) bond motifs is 2. The molecule has 0 aliphatic carbocycles. The van der Waals surface area contributed by atoms with Crippen LogP contribution in [0.1, 0.15) is 32.1 Å². The summed E-state index contributed by atoms with van der Waals surface area (Å²) in [5, 5.41) is 0. The van der Waals surface area contributed by atoms with Crippen LogP contribution < -0.4 is 0 Å². The number of rotatable bonds is 2. The first-order valence-corrected chi connectivity index (χ1v) is 8.61. The third kappa shape index (κ3) is 2.02. The third-order valence-electron chi connectivity index (χ3n) is 4.02. The SMILES string of the molecule is O=S(=O)(c1ccc(Br)cc1)N1[C@H]2CCC[C@H]1CC2. The van der Waals surface area contributed by atoms with E-state index < -0.39 is 10.0 Å². The van der Waals surface area contributed by atoms with E-state index in [0.29, 0.717) is 4.90 Å². The Morgan fingerprint density at radius 3 is 2.11 bits per heavy atom. The molecule has 0 aromatic heterocycles. The van der Waals surface area contributed by atoms with E-state index >= 15 is 0 Å². The van der Waals surface area contributed by atoms with Gasteiger partial charge in [0, 0.05) is 16.6 Å². The highest BCUT2D eigenvalue weighted by atomic mass is 79.9. The average Bonchev–Trinajstić information content (AvgIpc) is 2.62. The van der Waals surface area contributed by atoms with Crippen molar-refractivity contribution in [3.63, 3.8) is 0 Å². The van der Waals surface area contributed by atoms with E-state index in [2.05, 4.69) is 15.9 Å². The zero-order valence-corrected chi connectivity index (χ0v) is 12.5. The van der Waals surface area contributed by atoms with E-state index in [1.807, 2.05) is 0 Å². The molecular formula is C13H16BrNO2S. The van der Waals surface area contributed by atoms with Gasteiger partial charge in [-0.25, -0.2) is 8.42 Å². The molecule has 2 saturated heterocycles. The third-order valence-corrected chi connectivity index (χ3v) is 6.56. The van der Waals surface area contributed by atoms with Gasteiger partial charge in [0.1, 0.15) is 0 Å². The molecule has 2 bridgehead atoms. The van der Waals surface area contributed by atoms with Crippen LogP contribution in [0.15, 0.2) is 33.6 Å². The van der Waals surface area contributed by atoms with Crippen LogP contribution in [0, 0.1) is 0 Å². The first-order valence-electron chi connectivity index (χ1n) is 6.38. The van der Waals surface area contributed by atoms with Gasteiger partial charge in [0.15, 0.2) is 0 Å². The van der Waals surface area contributed by atoms with Crippen molar-refractivity contribution in [1.82, 2.24) is 4.31 Å². The fourth-order valence-electron chi connectivity index (χ4n) is 3.19. The maximum Gasteiger partial charge on any atom is 0.243 e. The molecule has 3 rings (SSSR count). The lowest BCUT2D eigenvalue weighted by molar-refractivity contribution is 0.248. The van der Waals surface area contributed by atoms with Crippen LogP contribution in [0.2, 0.25) is 0 Å². The zero-order chi connectivity index (χ0) is 12.8. The van der Waals surface area contributed by atoms with Gasteiger partial charge < -0.3 is 0 Å². The van der Waals surface area contributed by atoms with E-state index in [0.717, 1.165) is 30.2 Å². The highest BCUT2D eigenvalue weighted by Crippen LogP contribution is 2.39. The second kappa shape index (κ2) is 4.62. The maximum absolute atomic E-state index is 12.7. The quantitative estimate of drug-likeness (QED) is 0.835. The van der Waals surface area contributed by atoms with Crippen molar-refractivity contribution < 1.29 is 8.42 Å². The lowest BCUT2D eigenvalue weighted by Crippen LogP contribution is -2.43. The van der Waals surface area contributed by atoms with E-state index in [4.69, 9.17) is 0 Å². The number of halogens is 1. The summed E-state index contributed by atoms with van der Waals surface area (Å²) in [4.78, 5) is 0.421. The van der Waals surface area contributed by atoms with Gasteiger partial charge in [0.05, 0.1) is 4.90 Å². The Morgan fingerprint density at radius 2 is 1.56 bits per heavy atom. The van der Waals surface area contributed by atoms with E-state index in [1.165, 1.54) is 6.42 Å². The molecule has 3 nitrogen and oxygen atoms in total. The van der Waals surface area contributed by atoms with Gasteiger partial charge in [-0.05, 0) is 49.9 Å². The van der Waals surface area contributed by atoms with Gasteiger partial charge in [-0.15, -0.1) is 0 Å². The molecule has 18 heavy (non-hydrogen) atoms. The molecule has 2 fully saturated rings. The average molecular weight is 330 g/mol. The number of nitrogens with zero attached hydrogens (tertiary/aromatic N) is 1. The van der Waals surface area contributed by atoms with Gasteiger partial charge in [-0.2, -0.15) is 4.31 Å². The molecular weight excluding hydrogens is 314 g/mol. The highest BCUT2D eigenvalue weighted by Gasteiger charge is 2.44. The zero-order valence-electron chi connectivity index (χ0n) is 10.0. The standard InChI is InChI=1S/C13H16BrNO2S/c14-10-4-8-13(9-5-10)18(16,17)15-11-2-1-3-12(15)7-6-11/h4-5,8-9,11-12H,1-3,6-7H2/t11-,12-/m0/s1. The molecule has 1 aromatic carbocycles. The predicted octanol–water partition coefficient (Wildman–Crippen LogP) is 3.15. The number of piperidine rings is 1. The molecule has 0 spiro atoms. The minimum absolute atomic E-state index is 0.234. The summed E-state index contributed by atoms with van der Waals surface area (Å²) in [6.45, 7) is 0. The maximum atomic E-state index is 12.7. The van der Waals surface area contributed by atoms with Crippen LogP contribution in [0.4, 0.5) is 0 Å². The molecule has 2 atom stereocenters. The van der Waals surface area contributed by atoms with Crippen molar-refractivity contribution in [1.29, 1.82) is 0 Å². The summed E-state index contributed by atoms with van der Waals surface area (Å²) in [7, 11) is -3.30. The number of hydrogen-bond donors (Lipinski definition) is 0. The van der Waals surface area contributed by atoms with Crippen LogP contribution >= 0.6 is 15.9 Å². The lowest BCUT2D eigenvalue weighted by Gasteiger charge is -2.33. The number of sulfonamides is 1. The van der Waals surface area contributed by atoms with Crippen LogP contribution in [0.25, 0.3) is 0 Å². The van der Waals surface area contributed by atoms with Gasteiger partial charge in [0.2, 0.25) is 10.0 Å². The van der Waals surface area contributed by atoms with E-state index in [-0.39, 0.29) is 12.1 Å². The molecule has 2 heterocycles. The summed E-state index contributed by atoms with van der Waals surface area (Å²) in [5.41, 5.74) is 0. The second-order valence-electron chi connectivity index (χ2n) is 5.10. The summed E-state index contributed by atoms with van der Waals surface area (Å²) in [5.74, 6) is 0. The Morgan fingerprint density at radius 1 is 1.00 bits per heavy atom. The fourth-order valence-corrected chi connectivity index (χ4v) is 5.38. The highest BCUT2D eigenvalue weighted by molar-refractivity contribution is 9.10. The van der Waals surface area contributed by atoms with Crippen molar-refractivity contribution in [2.75, 3.05) is 0 Å². The second-order valence-corrected chi connectivity index (χ2v) is 7.86. The molecule has 2 aliphatic rings. The van der Waals surface area contributed by atoms with Crippen LogP contribution in [0.5, 0.6) is 0 Å². The summed E-state index contributed by atoms with van der Waals surface area (Å²) in [6.07, 6.45) is 5.26. The van der Waals surface area contributed by atoms with E-state index in [9.17, 15) is 8.42 Å². The minimum Gasteiger partial charge on any atom is -0.207 e. The largest absolute Gasteiger partial charge is 0.243 e. The monoisotopic (exact) mass is 329 g/mol. The van der Waals surface area contributed by atoms with Crippen molar-refractivity contribution in [3.8, 4) is 0 Å². The molecule has 0 N–H and O–H groups in total. The molecule has 2 aliphatic heterocycles. The van der Waals surface area contributed by atoms with Crippen molar-refractivity contribution >= 4 is 26.0 Å². The lowest BCUT2D eigenvalue weighted by atomic mass is 10.1. The molecule has 0 saturated carbocycles. The van der Waals surface area contributed by atoms with Gasteiger partial charge >= 0.3 is 0 Å². The molecule has 0 radical (unpaired) electrons.